The average molecular weight is 365 g/mol. The van der Waals surface area contributed by atoms with Crippen LogP contribution in [-0.2, 0) is 0 Å². The zero-order valence-corrected chi connectivity index (χ0v) is 12.2. The molecule has 1 aliphatic carbocycles. The fraction of sp³-hybridized carbons (Fsp3) is 0.417. The maximum atomic E-state index is 12.1. The maximum absolute atomic E-state index is 12.1. The molecule has 1 saturated carbocycles. The molecule has 3 N–H and O–H groups in total. The Morgan fingerprint density at radius 1 is 1.59 bits per heavy atom. The highest BCUT2D eigenvalue weighted by atomic mass is 127. The SMILES string of the molecule is NCC(NC(=O)c1cc(Cl)ccc1I)C1CC1. The second-order valence-corrected chi connectivity index (χ2v) is 5.88. The van der Waals surface area contributed by atoms with Gasteiger partial charge in [-0.2, -0.15) is 0 Å². The molecule has 1 aliphatic rings. The van der Waals surface area contributed by atoms with E-state index >= 15 is 0 Å². The van der Waals surface area contributed by atoms with Crippen LogP contribution in [0.1, 0.15) is 23.2 Å². The first-order valence-corrected chi connectivity index (χ1v) is 7.03. The van der Waals surface area contributed by atoms with E-state index in [-0.39, 0.29) is 11.9 Å². The van der Waals surface area contributed by atoms with Crippen molar-refractivity contribution in [2.24, 2.45) is 11.7 Å². The topological polar surface area (TPSA) is 55.1 Å². The predicted octanol–water partition coefficient (Wildman–Crippen LogP) is 2.41. The highest BCUT2D eigenvalue weighted by Crippen LogP contribution is 2.32. The third-order valence-corrected chi connectivity index (χ3v) is 4.11. The first-order valence-electron chi connectivity index (χ1n) is 5.58. The zero-order valence-electron chi connectivity index (χ0n) is 9.25. The average Bonchev–Trinajstić information content (AvgIpc) is 3.13. The van der Waals surface area contributed by atoms with Gasteiger partial charge in [0.15, 0.2) is 0 Å². The lowest BCUT2D eigenvalue weighted by Crippen LogP contribution is -2.42. The molecule has 3 nitrogen and oxygen atoms in total. The summed E-state index contributed by atoms with van der Waals surface area (Å²) in [7, 11) is 0. The van der Waals surface area contributed by atoms with Gasteiger partial charge in [-0.3, -0.25) is 4.79 Å². The fourth-order valence-corrected chi connectivity index (χ4v) is 2.54. The van der Waals surface area contributed by atoms with Gasteiger partial charge in [-0.25, -0.2) is 0 Å². The quantitative estimate of drug-likeness (QED) is 0.806. The number of hydrogen-bond acceptors (Lipinski definition) is 2. The monoisotopic (exact) mass is 364 g/mol. The Labute approximate surface area is 119 Å². The van der Waals surface area contributed by atoms with Crippen molar-refractivity contribution in [1.82, 2.24) is 5.32 Å². The van der Waals surface area contributed by atoms with Gasteiger partial charge >= 0.3 is 0 Å². The normalized spacial score (nSPS) is 16.6. The molecule has 1 atom stereocenters. The maximum Gasteiger partial charge on any atom is 0.252 e. The minimum atomic E-state index is -0.0840. The van der Waals surface area contributed by atoms with Gasteiger partial charge in [-0.1, -0.05) is 11.6 Å². The Bertz CT molecular complexity index is 435. The molecule has 1 amide bonds. The van der Waals surface area contributed by atoms with Gasteiger partial charge in [0.25, 0.3) is 5.91 Å². The van der Waals surface area contributed by atoms with Crippen molar-refractivity contribution in [3.8, 4) is 0 Å². The molecular weight excluding hydrogens is 351 g/mol. The van der Waals surface area contributed by atoms with Gasteiger partial charge in [-0.15, -0.1) is 0 Å². The van der Waals surface area contributed by atoms with Gasteiger partial charge in [0.05, 0.1) is 5.56 Å². The highest BCUT2D eigenvalue weighted by Gasteiger charge is 2.31. The van der Waals surface area contributed by atoms with Crippen LogP contribution >= 0.6 is 34.2 Å². The van der Waals surface area contributed by atoms with Crippen LogP contribution < -0.4 is 11.1 Å². The first kappa shape index (κ1) is 13.1. The standard InChI is InChI=1S/C12H14ClIN2O/c13-8-3-4-10(14)9(5-8)12(17)16-11(6-15)7-1-2-7/h3-5,7,11H,1-2,6,15H2,(H,16,17). The minimum absolute atomic E-state index is 0.0840. The molecule has 2 rings (SSSR count). The third-order valence-electron chi connectivity index (χ3n) is 2.93. The Balaban J connectivity index is 2.10. The van der Waals surface area contributed by atoms with E-state index in [9.17, 15) is 4.79 Å². The summed E-state index contributed by atoms with van der Waals surface area (Å²) in [5.41, 5.74) is 6.29. The number of benzene rings is 1. The van der Waals surface area contributed by atoms with Crippen molar-refractivity contribution in [3.63, 3.8) is 0 Å². The van der Waals surface area contributed by atoms with Crippen LogP contribution in [0.5, 0.6) is 0 Å². The van der Waals surface area contributed by atoms with Crippen LogP contribution in [0.3, 0.4) is 0 Å². The molecule has 0 saturated heterocycles. The number of rotatable bonds is 4. The number of hydrogen-bond donors (Lipinski definition) is 2. The molecule has 0 spiro atoms. The van der Waals surface area contributed by atoms with E-state index in [0.717, 1.165) is 16.4 Å². The first-order chi connectivity index (χ1) is 8.11. The van der Waals surface area contributed by atoms with Crippen molar-refractivity contribution < 1.29 is 4.79 Å². The Kier molecular flexibility index (Phi) is 4.27. The molecule has 0 radical (unpaired) electrons. The van der Waals surface area contributed by atoms with Crippen molar-refractivity contribution in [1.29, 1.82) is 0 Å². The Morgan fingerprint density at radius 3 is 2.88 bits per heavy atom. The molecule has 1 aromatic rings. The molecule has 1 aromatic carbocycles. The van der Waals surface area contributed by atoms with Crippen molar-refractivity contribution in [2.75, 3.05) is 6.54 Å². The van der Waals surface area contributed by atoms with Crippen LogP contribution in [0, 0.1) is 9.49 Å². The van der Waals surface area contributed by atoms with Gasteiger partial charge in [0.2, 0.25) is 0 Å². The molecule has 17 heavy (non-hydrogen) atoms. The molecule has 1 unspecified atom stereocenters. The van der Waals surface area contributed by atoms with Crippen LogP contribution in [0.25, 0.3) is 0 Å². The molecule has 0 bridgehead atoms. The van der Waals surface area contributed by atoms with E-state index in [4.69, 9.17) is 17.3 Å². The largest absolute Gasteiger partial charge is 0.348 e. The summed E-state index contributed by atoms with van der Waals surface area (Å²) < 4.78 is 0.899. The third kappa shape index (κ3) is 3.33. The molecule has 92 valence electrons. The number of carbonyl (C=O) groups is 1. The number of nitrogens with two attached hydrogens (primary N) is 1. The minimum Gasteiger partial charge on any atom is -0.348 e. The molecule has 0 heterocycles. The van der Waals surface area contributed by atoms with Gasteiger partial charge < -0.3 is 11.1 Å². The zero-order chi connectivity index (χ0) is 12.4. The van der Waals surface area contributed by atoms with E-state index in [1.165, 1.54) is 0 Å². The van der Waals surface area contributed by atoms with Crippen LogP contribution in [-0.4, -0.2) is 18.5 Å². The lowest BCUT2D eigenvalue weighted by atomic mass is 10.1. The van der Waals surface area contributed by atoms with Gasteiger partial charge in [0, 0.05) is 21.2 Å². The van der Waals surface area contributed by atoms with E-state index < -0.39 is 0 Å². The number of halogens is 2. The predicted molar refractivity (Wildman–Crippen MR) is 77.2 cm³/mol. The number of carbonyl (C=O) groups excluding carboxylic acids is 1. The molecular formula is C12H14ClIN2O. The van der Waals surface area contributed by atoms with Gasteiger partial charge in [0.1, 0.15) is 0 Å². The van der Waals surface area contributed by atoms with Crippen molar-refractivity contribution in [2.45, 2.75) is 18.9 Å². The Morgan fingerprint density at radius 2 is 2.29 bits per heavy atom. The summed E-state index contributed by atoms with van der Waals surface area (Å²) in [4.78, 5) is 12.1. The molecule has 0 aromatic heterocycles. The van der Waals surface area contributed by atoms with Crippen molar-refractivity contribution >= 4 is 40.1 Å². The lowest BCUT2D eigenvalue weighted by molar-refractivity contribution is 0.0932. The smallest absolute Gasteiger partial charge is 0.252 e. The molecule has 1 fully saturated rings. The summed E-state index contributed by atoms with van der Waals surface area (Å²) in [5.74, 6) is 0.472. The number of nitrogens with one attached hydrogen (secondary N) is 1. The lowest BCUT2D eigenvalue weighted by Gasteiger charge is -2.16. The number of amides is 1. The second-order valence-electron chi connectivity index (χ2n) is 4.28. The van der Waals surface area contributed by atoms with Crippen LogP contribution in [0.2, 0.25) is 5.02 Å². The summed E-state index contributed by atoms with van der Waals surface area (Å²) in [6, 6.07) is 5.41. The highest BCUT2D eigenvalue weighted by molar-refractivity contribution is 14.1. The summed E-state index contributed by atoms with van der Waals surface area (Å²) in [5, 5.41) is 3.56. The molecule has 5 heteroatoms. The van der Waals surface area contributed by atoms with E-state index in [1.54, 1.807) is 12.1 Å². The van der Waals surface area contributed by atoms with Gasteiger partial charge in [-0.05, 0) is 59.5 Å². The van der Waals surface area contributed by atoms with Crippen molar-refractivity contribution in [3.05, 3.63) is 32.4 Å². The fourth-order valence-electron chi connectivity index (χ4n) is 1.79. The van der Waals surface area contributed by atoms with E-state index in [0.29, 0.717) is 23.0 Å². The van der Waals surface area contributed by atoms with Crippen LogP contribution in [0.4, 0.5) is 0 Å². The van der Waals surface area contributed by atoms with Crippen LogP contribution in [0.15, 0.2) is 18.2 Å². The summed E-state index contributed by atoms with van der Waals surface area (Å²) >= 11 is 8.03. The van der Waals surface area contributed by atoms with E-state index in [2.05, 4.69) is 27.9 Å². The summed E-state index contributed by atoms with van der Waals surface area (Å²) in [6.07, 6.45) is 2.32. The summed E-state index contributed by atoms with van der Waals surface area (Å²) in [6.45, 7) is 0.494. The Hall–Kier alpha value is -0.330. The van der Waals surface area contributed by atoms with E-state index in [1.807, 2.05) is 6.07 Å². The molecule has 0 aliphatic heterocycles. The second kappa shape index (κ2) is 5.54.